The van der Waals surface area contributed by atoms with Crippen LogP contribution >= 0.6 is 23.2 Å². The van der Waals surface area contributed by atoms with Crippen molar-refractivity contribution in [3.8, 4) is 11.5 Å². The summed E-state index contributed by atoms with van der Waals surface area (Å²) in [4.78, 5) is 11.2. The van der Waals surface area contributed by atoms with Gasteiger partial charge in [-0.05, 0) is 80.3 Å². The Morgan fingerprint density at radius 2 is 1.89 bits per heavy atom. The molecule has 0 bridgehead atoms. The zero-order valence-corrected chi connectivity index (χ0v) is 22.4. The first-order chi connectivity index (χ1) is 17.8. The summed E-state index contributed by atoms with van der Waals surface area (Å²) >= 11 is 12.5. The molecule has 0 amide bonds. The zero-order chi connectivity index (χ0) is 28.2. The molecule has 1 aromatic heterocycles. The fourth-order valence-corrected chi connectivity index (χ4v) is 4.30. The van der Waals surface area contributed by atoms with Crippen LogP contribution in [0.15, 0.2) is 76.8 Å². The predicted molar refractivity (Wildman–Crippen MR) is 143 cm³/mol. The number of carboxylic acids is 1. The highest BCUT2D eigenvalue weighted by atomic mass is 35.5. The lowest BCUT2D eigenvalue weighted by atomic mass is 10.0. The van der Waals surface area contributed by atoms with Crippen molar-refractivity contribution in [1.82, 2.24) is 4.57 Å². The molecule has 38 heavy (non-hydrogen) atoms. The quantitative estimate of drug-likeness (QED) is 0.251. The number of hydrogen-bond donors (Lipinski definition) is 1. The van der Waals surface area contributed by atoms with E-state index in [1.54, 1.807) is 30.3 Å². The smallest absolute Gasteiger partial charge is 0.479 e. The minimum absolute atomic E-state index is 0.332. The van der Waals surface area contributed by atoms with E-state index in [-0.39, 0.29) is 5.75 Å². The molecule has 5 nitrogen and oxygen atoms in total. The van der Waals surface area contributed by atoms with Crippen molar-refractivity contribution in [3.05, 3.63) is 93.7 Å². The molecular weight excluding hydrogens is 542 g/mol. The molecule has 0 spiro atoms. The predicted octanol–water partition coefficient (Wildman–Crippen LogP) is 8.11. The third-order valence-electron chi connectivity index (χ3n) is 5.86. The third-order valence-corrected chi connectivity index (χ3v) is 6.56. The molecule has 0 saturated heterocycles. The van der Waals surface area contributed by atoms with Crippen LogP contribution in [0, 0.1) is 6.92 Å². The Bertz CT molecular complexity index is 1420. The first kappa shape index (κ1) is 29.2. The van der Waals surface area contributed by atoms with E-state index in [4.69, 9.17) is 33.0 Å². The number of hydrogen-bond acceptors (Lipinski definition) is 3. The number of benzene rings is 2. The Hall–Kier alpha value is -3.36. The molecule has 2 aromatic carbocycles. The number of rotatable bonds is 10. The monoisotopic (exact) mass is 567 g/mol. The molecule has 1 N–H and O–H groups in total. The number of ether oxygens (including phenoxy) is 2. The maximum absolute atomic E-state index is 12.9. The highest BCUT2D eigenvalue weighted by molar-refractivity contribution is 6.35. The third kappa shape index (κ3) is 7.36. The summed E-state index contributed by atoms with van der Waals surface area (Å²) in [6, 6.07) is 11.1. The number of carboxylic acid groups (broad SMARTS) is 1. The number of alkyl halides is 3. The molecule has 1 atom stereocenters. The summed E-state index contributed by atoms with van der Waals surface area (Å²) in [5.74, 6) is -1.06. The van der Waals surface area contributed by atoms with Crippen LogP contribution < -0.4 is 9.47 Å². The van der Waals surface area contributed by atoms with E-state index < -0.39 is 18.4 Å². The van der Waals surface area contributed by atoms with Gasteiger partial charge in [0.1, 0.15) is 11.5 Å². The number of halogens is 5. The number of nitrogens with zero attached hydrogens (tertiary/aromatic N) is 1. The largest absolute Gasteiger partial charge is 0.573 e. The second kappa shape index (κ2) is 12.0. The average molecular weight is 568 g/mol. The number of fused-ring (bicyclic) bond motifs is 1. The second-order valence-corrected chi connectivity index (χ2v) is 9.50. The van der Waals surface area contributed by atoms with Gasteiger partial charge in [-0.1, -0.05) is 48.0 Å². The van der Waals surface area contributed by atoms with Crippen molar-refractivity contribution >= 4 is 40.1 Å². The van der Waals surface area contributed by atoms with Crippen LogP contribution in [0.5, 0.6) is 11.5 Å². The normalized spacial score (nSPS) is 13.7. The SMILES string of the molecule is C=C/C(Cl)=C\C(Cl)=C(/C)Cn1c(C)c(Cc2cccc(OC(C)C(=O)O)c2)c2cc(OC(F)(F)F)ccc21. The molecule has 0 aliphatic rings. The summed E-state index contributed by atoms with van der Waals surface area (Å²) in [5.41, 5.74) is 3.86. The summed E-state index contributed by atoms with van der Waals surface area (Å²) in [5, 5.41) is 10.5. The van der Waals surface area contributed by atoms with E-state index in [2.05, 4.69) is 11.3 Å². The van der Waals surface area contributed by atoms with Crippen LogP contribution in [-0.4, -0.2) is 28.1 Å². The van der Waals surface area contributed by atoms with Crippen molar-refractivity contribution in [2.24, 2.45) is 0 Å². The Morgan fingerprint density at radius 3 is 2.53 bits per heavy atom. The average Bonchev–Trinajstić information content (AvgIpc) is 3.08. The Labute approximate surface area is 228 Å². The molecule has 1 unspecified atom stereocenters. The van der Waals surface area contributed by atoms with E-state index in [1.165, 1.54) is 25.1 Å². The van der Waals surface area contributed by atoms with Gasteiger partial charge in [0.25, 0.3) is 0 Å². The second-order valence-electron chi connectivity index (χ2n) is 8.66. The van der Waals surface area contributed by atoms with E-state index in [1.807, 2.05) is 24.5 Å². The first-order valence-electron chi connectivity index (χ1n) is 11.5. The van der Waals surface area contributed by atoms with E-state index in [0.29, 0.717) is 39.7 Å². The number of aliphatic carboxylic acids is 1. The molecule has 1 heterocycles. The van der Waals surface area contributed by atoms with Crippen LogP contribution in [0.2, 0.25) is 0 Å². The van der Waals surface area contributed by atoms with Gasteiger partial charge in [-0.15, -0.1) is 13.2 Å². The van der Waals surface area contributed by atoms with Gasteiger partial charge in [-0.3, -0.25) is 0 Å². The van der Waals surface area contributed by atoms with Crippen LogP contribution in [0.1, 0.15) is 30.7 Å². The van der Waals surface area contributed by atoms with Gasteiger partial charge >= 0.3 is 12.3 Å². The summed E-state index contributed by atoms with van der Waals surface area (Å²) in [7, 11) is 0. The molecule has 0 saturated carbocycles. The van der Waals surface area contributed by atoms with E-state index >= 15 is 0 Å². The molecule has 3 aromatic rings. The molecular formula is C28H26Cl2F3NO4. The first-order valence-corrected chi connectivity index (χ1v) is 12.3. The number of allylic oxidation sites excluding steroid dienone is 5. The lowest BCUT2D eigenvalue weighted by molar-refractivity contribution is -0.274. The van der Waals surface area contributed by atoms with Crippen LogP contribution in [-0.2, 0) is 17.8 Å². The highest BCUT2D eigenvalue weighted by Gasteiger charge is 2.31. The van der Waals surface area contributed by atoms with Crippen LogP contribution in [0.4, 0.5) is 13.2 Å². The maximum atomic E-state index is 12.9. The van der Waals surface area contributed by atoms with Crippen molar-refractivity contribution in [2.45, 2.75) is 46.2 Å². The Morgan fingerprint density at radius 1 is 1.18 bits per heavy atom. The molecule has 10 heteroatoms. The van der Waals surface area contributed by atoms with Crippen LogP contribution in [0.25, 0.3) is 10.9 Å². The van der Waals surface area contributed by atoms with Crippen molar-refractivity contribution in [3.63, 3.8) is 0 Å². The number of carbonyl (C=O) groups is 1. The van der Waals surface area contributed by atoms with Gasteiger partial charge in [0.15, 0.2) is 6.10 Å². The van der Waals surface area contributed by atoms with Gasteiger partial charge in [-0.2, -0.15) is 0 Å². The van der Waals surface area contributed by atoms with Gasteiger partial charge in [-0.25, -0.2) is 4.79 Å². The van der Waals surface area contributed by atoms with E-state index in [9.17, 15) is 18.0 Å². The van der Waals surface area contributed by atoms with Crippen molar-refractivity contribution in [1.29, 1.82) is 0 Å². The van der Waals surface area contributed by atoms with Gasteiger partial charge in [0.2, 0.25) is 0 Å². The summed E-state index contributed by atoms with van der Waals surface area (Å²) in [6.07, 6.45) is -2.49. The van der Waals surface area contributed by atoms with Crippen LogP contribution in [0.3, 0.4) is 0 Å². The molecule has 0 aliphatic heterocycles. The number of aromatic nitrogens is 1. The fraction of sp³-hybridized carbons (Fsp3) is 0.250. The van der Waals surface area contributed by atoms with Gasteiger partial charge < -0.3 is 19.1 Å². The van der Waals surface area contributed by atoms with Gasteiger partial charge in [0.05, 0.1) is 0 Å². The summed E-state index contributed by atoms with van der Waals surface area (Å²) in [6.45, 7) is 9.10. The minimum Gasteiger partial charge on any atom is -0.479 e. The molecule has 0 fully saturated rings. The molecule has 0 aliphatic carbocycles. The van der Waals surface area contributed by atoms with E-state index in [0.717, 1.165) is 22.4 Å². The molecule has 0 radical (unpaired) electrons. The maximum Gasteiger partial charge on any atom is 0.573 e. The Balaban J connectivity index is 2.10. The van der Waals surface area contributed by atoms with Crippen molar-refractivity contribution in [2.75, 3.05) is 0 Å². The highest BCUT2D eigenvalue weighted by Crippen LogP contribution is 2.34. The Kier molecular flexibility index (Phi) is 9.22. The summed E-state index contributed by atoms with van der Waals surface area (Å²) < 4.78 is 50.5. The topological polar surface area (TPSA) is 60.7 Å². The minimum atomic E-state index is -4.83. The lowest BCUT2D eigenvalue weighted by Gasteiger charge is -2.12. The van der Waals surface area contributed by atoms with Crippen molar-refractivity contribution < 1.29 is 32.5 Å². The van der Waals surface area contributed by atoms with Gasteiger partial charge in [0, 0.05) is 33.2 Å². The molecule has 202 valence electrons. The lowest BCUT2D eigenvalue weighted by Crippen LogP contribution is -2.22. The molecule has 3 rings (SSSR count). The zero-order valence-electron chi connectivity index (χ0n) is 20.9. The fourth-order valence-electron chi connectivity index (χ4n) is 3.96. The standard InChI is InChI=1S/C28H26Cl2F3NO4/c1-5-20(29)13-25(30)16(2)15-34-17(3)23(24-14-22(9-10-26(24)34)38-28(31,32)33)12-19-7-6-8-21(11-19)37-18(4)27(35)36/h5-11,13-14,18H,1,12,15H2,2-4H3,(H,35,36)/b20-13+,25-16-.